The number of nitrogens with one attached hydrogen (secondary N) is 1. The Hall–Kier alpha value is -3.88. The molecular formula is C54H85NO19S3. The number of carbonyl (C=O) groups excluding carboxylic acids is 3. The van der Waals surface area contributed by atoms with Gasteiger partial charge in [0.2, 0.25) is 5.91 Å². The highest BCUT2D eigenvalue weighted by atomic mass is 32.3. The van der Waals surface area contributed by atoms with Gasteiger partial charge in [0, 0.05) is 6.42 Å². The van der Waals surface area contributed by atoms with E-state index in [1.807, 2.05) is 0 Å². The van der Waals surface area contributed by atoms with Gasteiger partial charge in [0.1, 0.15) is 18.3 Å². The van der Waals surface area contributed by atoms with Gasteiger partial charge in [-0.1, -0.05) is 198 Å². The maximum absolute atomic E-state index is 13.9. The van der Waals surface area contributed by atoms with E-state index in [9.17, 15) is 53.3 Å². The molecule has 7 atom stereocenters. The summed E-state index contributed by atoms with van der Waals surface area (Å²) in [7, 11) is -16.7. The summed E-state index contributed by atoms with van der Waals surface area (Å²) in [6, 6.07) is 13.8. The van der Waals surface area contributed by atoms with Crippen LogP contribution in [0.5, 0.6) is 0 Å². The zero-order chi connectivity index (χ0) is 56.4. The first-order chi connectivity index (χ1) is 36.8. The number of ether oxygens (including phenoxy) is 4. The fraction of sp³-hybridized carbons (Fsp3) is 0.685. The van der Waals surface area contributed by atoms with Crippen LogP contribution in [0.4, 0.5) is 0 Å². The molecule has 0 radical (unpaired) electrons. The fourth-order valence-corrected chi connectivity index (χ4v) is 10.2. The topological polar surface area (TPSA) is 291 Å². The summed E-state index contributed by atoms with van der Waals surface area (Å²) in [5.41, 5.74) is 0.0320. The van der Waals surface area contributed by atoms with Crippen LogP contribution in [0, 0.1) is 0 Å². The number of amides is 1. The number of allylic oxidation sites excluding steroid dienone is 1. The molecule has 2 aromatic carbocycles. The lowest BCUT2D eigenvalue weighted by Gasteiger charge is -2.43. The molecule has 1 heterocycles. The average Bonchev–Trinajstić information content (AvgIpc) is 3.38. The van der Waals surface area contributed by atoms with E-state index in [0.29, 0.717) is 12.8 Å². The zero-order valence-electron chi connectivity index (χ0n) is 44.9. The van der Waals surface area contributed by atoms with Crippen molar-refractivity contribution in [2.75, 3.05) is 13.2 Å². The highest BCUT2D eigenvalue weighted by Crippen LogP contribution is 2.32. The van der Waals surface area contributed by atoms with Gasteiger partial charge in [-0.05, 0) is 49.6 Å². The third-order valence-electron chi connectivity index (χ3n) is 12.9. The van der Waals surface area contributed by atoms with Crippen molar-refractivity contribution in [3.63, 3.8) is 0 Å². The van der Waals surface area contributed by atoms with Crippen LogP contribution >= 0.6 is 0 Å². The van der Waals surface area contributed by atoms with Crippen LogP contribution in [0.2, 0.25) is 0 Å². The first kappa shape index (κ1) is 67.4. The molecule has 3 rings (SSSR count). The van der Waals surface area contributed by atoms with Crippen molar-refractivity contribution in [1.82, 2.24) is 5.32 Å². The Kier molecular flexibility index (Phi) is 33.2. The first-order valence-corrected chi connectivity index (χ1v) is 31.6. The quantitative estimate of drug-likeness (QED) is 0.0208. The summed E-state index contributed by atoms with van der Waals surface area (Å²) < 4.78 is 140. The fourth-order valence-electron chi connectivity index (χ4n) is 8.87. The molecule has 2 unspecified atom stereocenters. The molecule has 1 aliphatic rings. The molecule has 1 amide bonds. The van der Waals surface area contributed by atoms with Gasteiger partial charge in [-0.15, -0.1) is 0 Å². The van der Waals surface area contributed by atoms with Crippen molar-refractivity contribution >= 4 is 49.0 Å². The van der Waals surface area contributed by atoms with E-state index in [-0.39, 0.29) is 17.5 Å². The molecule has 0 aliphatic carbocycles. The number of unbranched alkanes of at least 4 members (excludes halogenated alkanes) is 23. The number of carbonyl (C=O) groups is 3. The Morgan fingerprint density at radius 3 is 1.48 bits per heavy atom. The Balaban J connectivity index is 1.96. The molecule has 438 valence electrons. The molecule has 0 aromatic heterocycles. The molecule has 77 heavy (non-hydrogen) atoms. The Bertz CT molecular complexity index is 2320. The van der Waals surface area contributed by atoms with E-state index in [0.717, 1.165) is 64.2 Å². The third kappa shape index (κ3) is 30.9. The van der Waals surface area contributed by atoms with Crippen LogP contribution in [0.1, 0.15) is 202 Å². The predicted molar refractivity (Wildman–Crippen MR) is 289 cm³/mol. The largest absolute Gasteiger partial charge is 0.452 e. The SMILES string of the molecule is CCCCCCCCCCCCCC=CC(OC(=O)c1ccccc1)C(CO[C@H]1O[C@H](COS(=O)(=O)O)[C@H](OS(=O)(=O)O)[C@H](OS(=O)(=O)O)[C@H]1OC(=O)c1ccccc1)NC(=O)CCCCCCCCCCCCCCC. The molecule has 23 heteroatoms. The molecule has 4 N–H and O–H groups in total. The van der Waals surface area contributed by atoms with Crippen LogP contribution < -0.4 is 5.32 Å². The number of benzene rings is 2. The standard InChI is InChI=1S/C54H85NO19S3/c1-3-5-7-9-11-13-15-17-19-21-23-25-33-39-46(70-52(57)43-35-29-27-30-36-43)45(55-48(56)40-34-26-24-22-20-18-16-14-12-10-8-6-4-2)41-68-54-51(72-53(58)44-37-31-28-32-38-44)50(74-77(65,66)67)49(73-76(62,63)64)47(71-54)42-69-75(59,60)61/h27-33,35-39,45-47,49-51,54H,3-26,34,40-42H2,1-2H3,(H,55,56)(H,59,60,61)(H,62,63,64)(H,65,66,67)/t45?,46?,47-,49+,50+,51-,54+/m1/s1. The summed E-state index contributed by atoms with van der Waals surface area (Å²) in [6.45, 7) is 2.32. The number of rotatable bonds is 43. The number of hydrogen-bond acceptors (Lipinski definition) is 16. The van der Waals surface area contributed by atoms with Crippen LogP contribution in [0.25, 0.3) is 0 Å². The van der Waals surface area contributed by atoms with E-state index in [4.69, 9.17) is 23.1 Å². The first-order valence-electron chi connectivity index (χ1n) is 27.5. The van der Waals surface area contributed by atoms with Crippen molar-refractivity contribution in [2.45, 2.75) is 224 Å². The van der Waals surface area contributed by atoms with Gasteiger partial charge in [0.25, 0.3) is 0 Å². The monoisotopic (exact) mass is 1150 g/mol. The van der Waals surface area contributed by atoms with Gasteiger partial charge in [-0.2, -0.15) is 25.3 Å². The van der Waals surface area contributed by atoms with Crippen LogP contribution in [0.15, 0.2) is 72.8 Å². The van der Waals surface area contributed by atoms with Crippen LogP contribution in [-0.2, 0) is 67.5 Å². The minimum atomic E-state index is -5.68. The van der Waals surface area contributed by atoms with E-state index in [1.54, 1.807) is 36.4 Å². The molecule has 0 saturated carbocycles. The lowest BCUT2D eigenvalue weighted by atomic mass is 9.99. The normalized spacial score (nSPS) is 18.9. The Labute approximate surface area is 457 Å². The van der Waals surface area contributed by atoms with E-state index in [2.05, 4.69) is 27.5 Å². The van der Waals surface area contributed by atoms with Crippen molar-refractivity contribution < 1.29 is 84.8 Å². The summed E-state index contributed by atoms with van der Waals surface area (Å²) in [6.07, 6.45) is 17.6. The maximum Gasteiger partial charge on any atom is 0.397 e. The van der Waals surface area contributed by atoms with Crippen molar-refractivity contribution in [3.05, 3.63) is 83.9 Å². The van der Waals surface area contributed by atoms with Crippen LogP contribution in [0.3, 0.4) is 0 Å². The average molecular weight is 1150 g/mol. The maximum atomic E-state index is 13.9. The molecule has 1 aliphatic heterocycles. The smallest absolute Gasteiger partial charge is 0.397 e. The zero-order valence-corrected chi connectivity index (χ0v) is 47.3. The second-order valence-corrected chi connectivity index (χ2v) is 22.6. The number of hydrogen-bond donors (Lipinski definition) is 4. The van der Waals surface area contributed by atoms with Gasteiger partial charge in [-0.25, -0.2) is 22.1 Å². The highest BCUT2D eigenvalue weighted by molar-refractivity contribution is 7.81. The van der Waals surface area contributed by atoms with Crippen LogP contribution in [-0.4, -0.2) is 113 Å². The lowest BCUT2D eigenvalue weighted by molar-refractivity contribution is -0.292. The number of esters is 2. The lowest BCUT2D eigenvalue weighted by Crippen LogP contribution is -2.63. The van der Waals surface area contributed by atoms with E-state index in [1.165, 1.54) is 120 Å². The second-order valence-electron chi connectivity index (χ2n) is 19.5. The molecule has 20 nitrogen and oxygen atoms in total. The highest BCUT2D eigenvalue weighted by Gasteiger charge is 2.54. The van der Waals surface area contributed by atoms with Crippen molar-refractivity contribution in [2.24, 2.45) is 0 Å². The summed E-state index contributed by atoms with van der Waals surface area (Å²) in [5.74, 6) is -2.45. The van der Waals surface area contributed by atoms with Gasteiger partial charge in [0.05, 0.1) is 30.4 Å². The third-order valence-corrected chi connectivity index (χ3v) is 14.3. The van der Waals surface area contributed by atoms with E-state index < -0.39 is 105 Å². The van der Waals surface area contributed by atoms with Crippen molar-refractivity contribution in [3.8, 4) is 0 Å². The minimum Gasteiger partial charge on any atom is -0.452 e. The van der Waals surface area contributed by atoms with Gasteiger partial charge in [0.15, 0.2) is 18.5 Å². The summed E-state index contributed by atoms with van der Waals surface area (Å²) >= 11 is 0. The summed E-state index contributed by atoms with van der Waals surface area (Å²) in [5, 5.41) is 2.88. The molecule has 1 saturated heterocycles. The predicted octanol–water partition coefficient (Wildman–Crippen LogP) is 10.6. The Morgan fingerprint density at radius 1 is 0.571 bits per heavy atom. The minimum absolute atomic E-state index is 0.0568. The van der Waals surface area contributed by atoms with Gasteiger partial charge >= 0.3 is 43.1 Å². The molecule has 1 fully saturated rings. The van der Waals surface area contributed by atoms with Gasteiger partial charge < -0.3 is 24.3 Å². The van der Waals surface area contributed by atoms with Gasteiger partial charge in [-0.3, -0.25) is 18.5 Å². The van der Waals surface area contributed by atoms with Crippen molar-refractivity contribution in [1.29, 1.82) is 0 Å². The van der Waals surface area contributed by atoms with E-state index >= 15 is 0 Å². The molecule has 0 bridgehead atoms. The Morgan fingerprint density at radius 2 is 1.01 bits per heavy atom. The summed E-state index contributed by atoms with van der Waals surface area (Å²) in [4.78, 5) is 41.3. The molecule has 0 spiro atoms. The molecular weight excluding hydrogens is 1060 g/mol. The second kappa shape index (κ2) is 37.9. The molecule has 2 aromatic rings.